The van der Waals surface area contributed by atoms with Gasteiger partial charge in [-0.2, -0.15) is 0 Å². The van der Waals surface area contributed by atoms with Crippen LogP contribution in [0, 0.1) is 11.8 Å². The van der Waals surface area contributed by atoms with E-state index in [1.54, 1.807) is 12.4 Å². The number of halogens is 1. The molecule has 3 aliphatic rings. The van der Waals surface area contributed by atoms with E-state index in [-0.39, 0.29) is 12.2 Å². The zero-order chi connectivity index (χ0) is 22.2. The van der Waals surface area contributed by atoms with E-state index in [0.29, 0.717) is 41.5 Å². The molecule has 7 nitrogen and oxygen atoms in total. The van der Waals surface area contributed by atoms with E-state index in [1.165, 1.54) is 0 Å². The average molecular weight is 451 g/mol. The Balaban J connectivity index is 1.42. The van der Waals surface area contributed by atoms with Gasteiger partial charge >= 0.3 is 6.09 Å². The van der Waals surface area contributed by atoms with Gasteiger partial charge in [-0.05, 0) is 71.6 Å². The molecule has 3 aliphatic heterocycles. The number of hydrogen-bond donors (Lipinski definition) is 0. The summed E-state index contributed by atoms with van der Waals surface area (Å²) in [6.45, 7) is 10.3. The van der Waals surface area contributed by atoms with Crippen LogP contribution in [0.25, 0.3) is 0 Å². The van der Waals surface area contributed by atoms with Crippen molar-refractivity contribution in [3.8, 4) is 0 Å². The lowest BCUT2D eigenvalue weighted by Crippen LogP contribution is -2.53. The highest BCUT2D eigenvalue weighted by molar-refractivity contribution is 6.30. The number of piperidine rings is 2. The fourth-order valence-corrected chi connectivity index (χ4v) is 5.79. The van der Waals surface area contributed by atoms with Crippen LogP contribution in [-0.2, 0) is 9.47 Å². The van der Waals surface area contributed by atoms with Gasteiger partial charge in [0, 0.05) is 31.8 Å². The van der Waals surface area contributed by atoms with Crippen LogP contribution in [-0.4, -0.2) is 64.4 Å². The maximum absolute atomic E-state index is 12.8. The van der Waals surface area contributed by atoms with Crippen LogP contribution < -0.4 is 4.90 Å². The number of carbonyl (C=O) groups is 1. The number of nitrogens with zero attached hydrogens (tertiary/aromatic N) is 4. The van der Waals surface area contributed by atoms with Crippen LogP contribution in [0.1, 0.15) is 59.8 Å². The summed E-state index contributed by atoms with van der Waals surface area (Å²) >= 11 is 5.95. The Morgan fingerprint density at radius 3 is 2.39 bits per heavy atom. The number of ether oxygens (including phenoxy) is 2. The molecule has 172 valence electrons. The van der Waals surface area contributed by atoms with Crippen LogP contribution in [0.4, 0.5) is 10.7 Å². The van der Waals surface area contributed by atoms with Crippen molar-refractivity contribution in [2.45, 2.75) is 83.6 Å². The highest BCUT2D eigenvalue weighted by Crippen LogP contribution is 2.45. The molecule has 0 spiro atoms. The Hall–Kier alpha value is -1.60. The molecule has 1 unspecified atom stereocenters. The molecule has 0 aromatic carbocycles. The van der Waals surface area contributed by atoms with E-state index in [1.807, 2.05) is 25.7 Å². The molecule has 1 amide bonds. The molecule has 3 saturated heterocycles. The Labute approximate surface area is 190 Å². The third-order valence-electron chi connectivity index (χ3n) is 6.86. The van der Waals surface area contributed by atoms with Gasteiger partial charge in [0.05, 0.1) is 23.5 Å². The Bertz CT molecular complexity index is 755. The Morgan fingerprint density at radius 1 is 1.16 bits per heavy atom. The average Bonchev–Trinajstić information content (AvgIpc) is 2.98. The Kier molecular flexibility index (Phi) is 6.63. The summed E-state index contributed by atoms with van der Waals surface area (Å²) < 4.78 is 11.9. The van der Waals surface area contributed by atoms with Crippen LogP contribution in [0.5, 0.6) is 0 Å². The number of rotatable bonds is 4. The molecule has 4 heterocycles. The molecule has 0 saturated carbocycles. The van der Waals surface area contributed by atoms with Gasteiger partial charge in [-0.25, -0.2) is 14.8 Å². The molecule has 2 bridgehead atoms. The maximum Gasteiger partial charge on any atom is 0.410 e. The Morgan fingerprint density at radius 2 is 1.81 bits per heavy atom. The van der Waals surface area contributed by atoms with Crippen molar-refractivity contribution in [2.24, 2.45) is 11.8 Å². The predicted octanol–water partition coefficient (Wildman–Crippen LogP) is 4.54. The van der Waals surface area contributed by atoms with Crippen molar-refractivity contribution in [1.82, 2.24) is 14.9 Å². The fourth-order valence-electron chi connectivity index (χ4n) is 5.70. The molecule has 31 heavy (non-hydrogen) atoms. The number of fused-ring (bicyclic) bond motifs is 2. The van der Waals surface area contributed by atoms with Gasteiger partial charge in [0.2, 0.25) is 5.95 Å². The first-order valence-corrected chi connectivity index (χ1v) is 12.0. The number of anilines is 1. The van der Waals surface area contributed by atoms with Gasteiger partial charge in [0.25, 0.3) is 0 Å². The SMILES string of the molecule is CCO[C@@H]1CN(c2ncc(Cl)cn2)CC[C@@H]1C1C[C@H]2CC[C@@H](C1)N2C(=O)OC(C)(C)C. The summed E-state index contributed by atoms with van der Waals surface area (Å²) in [5.74, 6) is 1.78. The van der Waals surface area contributed by atoms with Crippen molar-refractivity contribution >= 4 is 23.6 Å². The third-order valence-corrected chi connectivity index (χ3v) is 7.06. The van der Waals surface area contributed by atoms with E-state index in [9.17, 15) is 4.79 Å². The second-order valence-corrected chi connectivity index (χ2v) is 10.5. The highest BCUT2D eigenvalue weighted by atomic mass is 35.5. The lowest BCUT2D eigenvalue weighted by molar-refractivity contribution is -0.0379. The lowest BCUT2D eigenvalue weighted by atomic mass is 9.75. The molecule has 3 fully saturated rings. The van der Waals surface area contributed by atoms with Crippen LogP contribution in [0.3, 0.4) is 0 Å². The summed E-state index contributed by atoms with van der Waals surface area (Å²) in [7, 11) is 0. The predicted molar refractivity (Wildman–Crippen MR) is 120 cm³/mol. The minimum absolute atomic E-state index is 0.144. The zero-order valence-corrected chi connectivity index (χ0v) is 19.8. The molecule has 1 aromatic heterocycles. The minimum Gasteiger partial charge on any atom is -0.444 e. The maximum atomic E-state index is 12.8. The van der Waals surface area contributed by atoms with Gasteiger partial charge in [-0.15, -0.1) is 0 Å². The van der Waals surface area contributed by atoms with E-state index in [4.69, 9.17) is 21.1 Å². The number of amides is 1. The summed E-state index contributed by atoms with van der Waals surface area (Å²) in [5.41, 5.74) is -0.454. The summed E-state index contributed by atoms with van der Waals surface area (Å²) in [5, 5.41) is 0.548. The fraction of sp³-hybridized carbons (Fsp3) is 0.783. The highest BCUT2D eigenvalue weighted by Gasteiger charge is 2.48. The molecule has 0 N–H and O–H groups in total. The van der Waals surface area contributed by atoms with Gasteiger partial charge in [0.1, 0.15) is 5.60 Å². The molecule has 0 aliphatic carbocycles. The molecule has 5 atom stereocenters. The smallest absolute Gasteiger partial charge is 0.410 e. The number of aromatic nitrogens is 2. The summed E-state index contributed by atoms with van der Waals surface area (Å²) in [6.07, 6.45) is 8.60. The van der Waals surface area contributed by atoms with Crippen molar-refractivity contribution in [2.75, 3.05) is 24.6 Å². The quantitative estimate of drug-likeness (QED) is 0.670. The van der Waals surface area contributed by atoms with Crippen LogP contribution in [0.2, 0.25) is 5.02 Å². The van der Waals surface area contributed by atoms with E-state index >= 15 is 0 Å². The van der Waals surface area contributed by atoms with E-state index in [2.05, 4.69) is 21.8 Å². The van der Waals surface area contributed by atoms with Crippen LogP contribution >= 0.6 is 11.6 Å². The van der Waals surface area contributed by atoms with Gasteiger partial charge in [0.15, 0.2) is 0 Å². The first-order valence-electron chi connectivity index (χ1n) is 11.6. The number of carbonyl (C=O) groups excluding carboxylic acids is 1. The van der Waals surface area contributed by atoms with E-state index in [0.717, 1.165) is 45.2 Å². The monoisotopic (exact) mass is 450 g/mol. The first-order chi connectivity index (χ1) is 14.7. The second-order valence-electron chi connectivity index (χ2n) is 10.1. The zero-order valence-electron chi connectivity index (χ0n) is 19.1. The van der Waals surface area contributed by atoms with Gasteiger partial charge in [-0.3, -0.25) is 0 Å². The molecular formula is C23H35ClN4O3. The second kappa shape index (κ2) is 9.10. The van der Waals surface area contributed by atoms with E-state index < -0.39 is 5.60 Å². The summed E-state index contributed by atoms with van der Waals surface area (Å²) in [6, 6.07) is 0.581. The van der Waals surface area contributed by atoms with Crippen molar-refractivity contribution < 1.29 is 14.3 Å². The molecule has 1 aromatic rings. The van der Waals surface area contributed by atoms with Gasteiger partial charge in [-0.1, -0.05) is 11.6 Å². The third kappa shape index (κ3) is 5.08. The minimum atomic E-state index is -0.454. The van der Waals surface area contributed by atoms with Crippen molar-refractivity contribution in [3.63, 3.8) is 0 Å². The van der Waals surface area contributed by atoms with Crippen molar-refractivity contribution in [1.29, 1.82) is 0 Å². The molecule has 0 radical (unpaired) electrons. The first kappa shape index (κ1) is 22.6. The number of hydrogen-bond acceptors (Lipinski definition) is 6. The molecule has 8 heteroatoms. The lowest BCUT2D eigenvalue weighted by Gasteiger charge is -2.46. The van der Waals surface area contributed by atoms with Crippen molar-refractivity contribution in [3.05, 3.63) is 17.4 Å². The van der Waals surface area contributed by atoms with Crippen LogP contribution in [0.15, 0.2) is 12.4 Å². The topological polar surface area (TPSA) is 67.8 Å². The standard InChI is InChI=1S/C23H35ClN4O3/c1-5-30-20-14-27(21-25-12-16(24)13-26-21)9-8-19(20)15-10-17-6-7-18(11-15)28(17)22(29)31-23(2,3)4/h12-13,15,17-20H,5-11,14H2,1-4H3/t15?,17-,18+,19-,20-/m1/s1. The molecule has 4 rings (SSSR count). The largest absolute Gasteiger partial charge is 0.444 e. The normalized spacial score (nSPS) is 31.1. The summed E-state index contributed by atoms with van der Waals surface area (Å²) in [4.78, 5) is 25.8. The molecular weight excluding hydrogens is 416 g/mol. The van der Waals surface area contributed by atoms with Gasteiger partial charge < -0.3 is 19.3 Å².